The zero-order chi connectivity index (χ0) is 84.3. The summed E-state index contributed by atoms with van der Waals surface area (Å²) in [6.07, 6.45) is 6.23. The Morgan fingerprint density at radius 1 is 0.183 bits per heavy atom. The highest BCUT2D eigenvalue weighted by Crippen LogP contribution is 2.54. The van der Waals surface area contributed by atoms with Crippen molar-refractivity contribution < 1.29 is 0 Å². The number of nitrogens with zero attached hydrogens (tertiary/aromatic N) is 9. The van der Waals surface area contributed by atoms with Crippen LogP contribution in [0.25, 0.3) is 206 Å². The molecular weight excluding hydrogens is 1530 g/mol. The number of aromatic nitrogens is 9. The highest BCUT2D eigenvalue weighted by atomic mass is 15.0. The van der Waals surface area contributed by atoms with E-state index in [9.17, 15) is 0 Å². The lowest BCUT2D eigenvalue weighted by molar-refractivity contribution is 0.660. The number of benzene rings is 14. The van der Waals surface area contributed by atoms with Crippen molar-refractivity contribution in [2.24, 2.45) is 0 Å². The molecule has 0 spiro atoms. The van der Waals surface area contributed by atoms with Crippen molar-refractivity contribution in [3.8, 4) is 123 Å². The third-order valence-electron chi connectivity index (χ3n) is 27.0. The van der Waals surface area contributed by atoms with Crippen LogP contribution in [0.2, 0.25) is 0 Å². The standard InChI is InChI=1S/2C41H29N3.C35H25N3/c1-41(2)34-14-5-3-12-31(34)33-25-29(21-22-35(33)41)27-19-17-26(18-20-27)28-10-9-11-30(24-28)38-40-39(32-13-4-6-15-36(32)42-38)43-37-16-7-8-23-44(37)40;1-41(2)34-14-5-3-12-31(34)33-25-30(21-22-35(33)41)29-11-9-10-28(24-29)26-17-19-27(20-18-26)38-40-39(32-13-4-6-15-36(32)42-38)43-37-16-7-8-23-44(37)40;1-35(2)28-14-5-3-12-25(28)27-21-23(17-18-29(27)35)22-10-9-11-24(20-22)32-34-33(26-13-4-6-15-30(26)36-32)37-31-16-7-8-19-38(31)34/h2*3-25H,1-2H3;3-21H,1-2H3. The van der Waals surface area contributed by atoms with Crippen molar-refractivity contribution in [3.63, 3.8) is 0 Å². The molecule has 126 heavy (non-hydrogen) atoms. The summed E-state index contributed by atoms with van der Waals surface area (Å²) in [5, 5.41) is 3.22. The minimum atomic E-state index is 0.00991. The molecule has 0 N–H and O–H groups in total. The lowest BCUT2D eigenvalue weighted by Gasteiger charge is -2.21. The van der Waals surface area contributed by atoms with Gasteiger partial charge in [0, 0.05) is 67.7 Å². The van der Waals surface area contributed by atoms with Crippen LogP contribution in [0.3, 0.4) is 0 Å². The van der Waals surface area contributed by atoms with Gasteiger partial charge in [-0.3, -0.25) is 13.2 Å². The Kier molecular flexibility index (Phi) is 16.8. The lowest BCUT2D eigenvalue weighted by Crippen LogP contribution is -2.14. The molecule has 0 amide bonds. The van der Waals surface area contributed by atoms with Crippen molar-refractivity contribution in [3.05, 3.63) is 428 Å². The van der Waals surface area contributed by atoms with Crippen molar-refractivity contribution in [2.45, 2.75) is 57.8 Å². The Bertz CT molecular complexity index is 8450. The van der Waals surface area contributed by atoms with Crippen LogP contribution in [0, 0.1) is 0 Å². The van der Waals surface area contributed by atoms with Crippen LogP contribution in [0.5, 0.6) is 0 Å². The van der Waals surface area contributed by atoms with Crippen LogP contribution < -0.4 is 0 Å². The van der Waals surface area contributed by atoms with E-state index in [0.29, 0.717) is 0 Å². The average molecular weight is 1620 g/mol. The van der Waals surface area contributed by atoms with E-state index in [1.54, 1.807) is 0 Å². The fraction of sp³-hybridized carbons (Fsp3) is 0.0769. The van der Waals surface area contributed by atoms with E-state index in [1.807, 2.05) is 54.6 Å². The SMILES string of the molecule is CC1(C)c2ccccc2-c2cc(-c3ccc(-c4cccc(-c5nc6ccccc6c6nc7ccccn7c56)c4)cc3)ccc21.CC1(C)c2ccccc2-c2cc(-c3cccc(-c4ccc(-c5nc6ccccc6c6nc7ccccn7c56)cc4)c3)ccc21.CC1(C)c2ccccc2-c2cc(-c3cccc(-c4nc5ccccc5c5nc6ccccn6c45)c3)ccc21. The first-order valence-electron chi connectivity index (χ1n) is 43.5. The molecule has 26 rings (SSSR count). The van der Waals surface area contributed by atoms with Gasteiger partial charge in [-0.15, -0.1) is 0 Å². The van der Waals surface area contributed by atoms with Gasteiger partial charge in [0.2, 0.25) is 0 Å². The molecule has 0 radical (unpaired) electrons. The molecule has 3 aliphatic rings. The fourth-order valence-electron chi connectivity index (χ4n) is 20.6. The average Bonchev–Trinajstić information content (AvgIpc) is 1.59. The van der Waals surface area contributed by atoms with E-state index < -0.39 is 0 Å². The van der Waals surface area contributed by atoms with E-state index >= 15 is 0 Å². The van der Waals surface area contributed by atoms with Gasteiger partial charge < -0.3 is 0 Å². The number of imidazole rings is 3. The Morgan fingerprint density at radius 3 is 0.778 bits per heavy atom. The highest BCUT2D eigenvalue weighted by Gasteiger charge is 2.38. The Balaban J connectivity index is 0.000000106. The predicted octanol–water partition coefficient (Wildman–Crippen LogP) is 29.4. The molecule has 0 bridgehead atoms. The Hall–Kier alpha value is -15.8. The fourth-order valence-corrected chi connectivity index (χ4v) is 20.6. The molecule has 3 aliphatic carbocycles. The summed E-state index contributed by atoms with van der Waals surface area (Å²) in [5.74, 6) is 0. The number of hydrogen-bond donors (Lipinski definition) is 0. The smallest absolute Gasteiger partial charge is 0.137 e. The van der Waals surface area contributed by atoms with Crippen LogP contribution in [0.1, 0.15) is 74.9 Å². The monoisotopic (exact) mass is 1610 g/mol. The highest BCUT2D eigenvalue weighted by molar-refractivity contribution is 6.12. The summed E-state index contributed by atoms with van der Waals surface area (Å²) >= 11 is 0. The Morgan fingerprint density at radius 2 is 0.429 bits per heavy atom. The van der Waals surface area contributed by atoms with Crippen LogP contribution in [0.4, 0.5) is 0 Å². The van der Waals surface area contributed by atoms with Crippen molar-refractivity contribution in [2.75, 3.05) is 0 Å². The number of hydrogen-bond acceptors (Lipinski definition) is 6. The van der Waals surface area contributed by atoms with Gasteiger partial charge in [0.05, 0.1) is 50.2 Å². The number of pyridine rings is 6. The van der Waals surface area contributed by atoms with Gasteiger partial charge in [-0.1, -0.05) is 327 Å². The van der Waals surface area contributed by atoms with E-state index in [2.05, 4.69) is 395 Å². The normalized spacial score (nSPS) is 13.5. The first kappa shape index (κ1) is 74.0. The maximum absolute atomic E-state index is 5.18. The molecule has 596 valence electrons. The molecular formula is C117H83N9. The summed E-state index contributed by atoms with van der Waals surface area (Å²) in [5.41, 5.74) is 46.3. The topological polar surface area (TPSA) is 90.6 Å². The molecule has 0 atom stereocenters. The zero-order valence-corrected chi connectivity index (χ0v) is 70.6. The van der Waals surface area contributed by atoms with Crippen molar-refractivity contribution >= 4 is 82.8 Å². The van der Waals surface area contributed by atoms with Crippen molar-refractivity contribution in [1.82, 2.24) is 43.1 Å². The first-order chi connectivity index (χ1) is 61.7. The van der Waals surface area contributed by atoms with Crippen LogP contribution in [0.15, 0.2) is 395 Å². The van der Waals surface area contributed by atoms with E-state index in [1.165, 1.54) is 117 Å². The Labute approximate surface area is 729 Å². The number of rotatable bonds is 8. The van der Waals surface area contributed by atoms with Crippen LogP contribution in [-0.4, -0.2) is 43.1 Å². The van der Waals surface area contributed by atoms with Gasteiger partial charge in [-0.2, -0.15) is 0 Å². The maximum Gasteiger partial charge on any atom is 0.137 e. The van der Waals surface area contributed by atoms with E-state index in [0.717, 1.165) is 122 Å². The second-order valence-electron chi connectivity index (χ2n) is 35.3. The first-order valence-corrected chi connectivity index (χ1v) is 43.5. The second-order valence-corrected chi connectivity index (χ2v) is 35.3. The largest absolute Gasteiger partial charge is 0.298 e. The van der Waals surface area contributed by atoms with Crippen LogP contribution >= 0.6 is 0 Å². The lowest BCUT2D eigenvalue weighted by atomic mass is 9.82. The summed E-state index contributed by atoms with van der Waals surface area (Å²) < 4.78 is 6.46. The molecule has 23 aromatic rings. The minimum Gasteiger partial charge on any atom is -0.298 e. The molecule has 14 aromatic carbocycles. The maximum atomic E-state index is 5.18. The third-order valence-corrected chi connectivity index (χ3v) is 27.0. The van der Waals surface area contributed by atoms with Gasteiger partial charge in [0.1, 0.15) is 33.5 Å². The van der Waals surface area contributed by atoms with Crippen LogP contribution in [-0.2, 0) is 16.2 Å². The van der Waals surface area contributed by atoms with Gasteiger partial charge in [0.15, 0.2) is 0 Å². The molecule has 9 heterocycles. The van der Waals surface area contributed by atoms with E-state index in [4.69, 9.17) is 29.9 Å². The summed E-state index contributed by atoms with van der Waals surface area (Å²) in [4.78, 5) is 30.5. The van der Waals surface area contributed by atoms with Gasteiger partial charge in [-0.05, 0) is 213 Å². The zero-order valence-electron chi connectivity index (χ0n) is 70.6. The molecule has 0 saturated carbocycles. The molecule has 9 aromatic heterocycles. The van der Waals surface area contributed by atoms with Gasteiger partial charge in [0.25, 0.3) is 0 Å². The summed E-state index contributed by atoms with van der Waals surface area (Å²) in [6.45, 7) is 14.0. The molecule has 9 nitrogen and oxygen atoms in total. The molecule has 9 heteroatoms. The number of fused-ring (bicyclic) bond motifs is 24. The minimum absolute atomic E-state index is 0.00991. The molecule has 0 unspecified atom stereocenters. The summed E-state index contributed by atoms with van der Waals surface area (Å²) in [6, 6.07) is 135. The quantitative estimate of drug-likeness (QED) is 0.151. The number of para-hydroxylation sites is 3. The molecule has 0 fully saturated rings. The van der Waals surface area contributed by atoms with E-state index in [-0.39, 0.29) is 16.2 Å². The molecule has 0 aliphatic heterocycles. The summed E-state index contributed by atoms with van der Waals surface area (Å²) in [7, 11) is 0. The molecule has 0 saturated heterocycles. The van der Waals surface area contributed by atoms with Gasteiger partial charge in [-0.25, -0.2) is 29.9 Å². The van der Waals surface area contributed by atoms with Crippen molar-refractivity contribution in [1.29, 1.82) is 0 Å². The predicted molar refractivity (Wildman–Crippen MR) is 520 cm³/mol. The second kappa shape index (κ2) is 28.6. The third kappa shape index (κ3) is 11.8. The van der Waals surface area contributed by atoms with Gasteiger partial charge >= 0.3 is 0 Å².